The summed E-state index contributed by atoms with van der Waals surface area (Å²) in [4.78, 5) is 0. The SMILES string of the molecule is CCc1ccc(C2NCCS(=O)C2C)cc1. The molecule has 88 valence electrons. The average molecular weight is 237 g/mol. The lowest BCUT2D eigenvalue weighted by atomic mass is 10.0. The first-order chi connectivity index (χ1) is 7.72. The van der Waals surface area contributed by atoms with Crippen molar-refractivity contribution in [1.29, 1.82) is 0 Å². The Morgan fingerprint density at radius 2 is 2.06 bits per heavy atom. The van der Waals surface area contributed by atoms with Gasteiger partial charge in [0, 0.05) is 29.1 Å². The van der Waals surface area contributed by atoms with E-state index in [0.29, 0.717) is 0 Å². The van der Waals surface area contributed by atoms with Gasteiger partial charge in [-0.25, -0.2) is 0 Å². The van der Waals surface area contributed by atoms with Crippen LogP contribution in [0.4, 0.5) is 0 Å². The van der Waals surface area contributed by atoms with Gasteiger partial charge in [-0.05, 0) is 24.5 Å². The Balaban J connectivity index is 2.19. The Bertz CT molecular complexity index is 374. The van der Waals surface area contributed by atoms with Crippen molar-refractivity contribution in [2.45, 2.75) is 31.6 Å². The Kier molecular flexibility index (Phi) is 3.77. The zero-order chi connectivity index (χ0) is 11.5. The van der Waals surface area contributed by atoms with Crippen molar-refractivity contribution in [1.82, 2.24) is 5.32 Å². The van der Waals surface area contributed by atoms with Crippen LogP contribution in [-0.2, 0) is 17.2 Å². The summed E-state index contributed by atoms with van der Waals surface area (Å²) in [6.07, 6.45) is 1.07. The molecule has 1 fully saturated rings. The topological polar surface area (TPSA) is 29.1 Å². The van der Waals surface area contributed by atoms with E-state index in [1.54, 1.807) is 0 Å². The number of hydrogen-bond acceptors (Lipinski definition) is 2. The first-order valence-corrected chi connectivity index (χ1v) is 7.30. The fourth-order valence-electron chi connectivity index (χ4n) is 2.17. The van der Waals surface area contributed by atoms with Crippen LogP contribution in [0.2, 0.25) is 0 Å². The van der Waals surface area contributed by atoms with Gasteiger partial charge in [0.25, 0.3) is 0 Å². The summed E-state index contributed by atoms with van der Waals surface area (Å²) in [5.41, 5.74) is 2.62. The first-order valence-electron chi connectivity index (χ1n) is 5.91. The molecular formula is C13H19NOS. The van der Waals surface area contributed by atoms with E-state index < -0.39 is 10.8 Å². The maximum atomic E-state index is 11.8. The van der Waals surface area contributed by atoms with Crippen LogP contribution in [-0.4, -0.2) is 21.8 Å². The summed E-state index contributed by atoms with van der Waals surface area (Å²) in [6, 6.07) is 8.91. The molecule has 0 aromatic heterocycles. The lowest BCUT2D eigenvalue weighted by Crippen LogP contribution is -2.42. The van der Waals surface area contributed by atoms with E-state index in [2.05, 4.69) is 43.4 Å². The van der Waals surface area contributed by atoms with Crippen LogP contribution < -0.4 is 5.32 Å². The van der Waals surface area contributed by atoms with Crippen LogP contribution in [0.5, 0.6) is 0 Å². The summed E-state index contributed by atoms with van der Waals surface area (Å²) in [6.45, 7) is 5.09. The smallest absolute Gasteiger partial charge is 0.0515 e. The molecule has 0 aliphatic carbocycles. The number of aryl methyl sites for hydroxylation is 1. The molecule has 0 saturated carbocycles. The Morgan fingerprint density at radius 3 is 2.69 bits per heavy atom. The minimum Gasteiger partial charge on any atom is -0.308 e. The van der Waals surface area contributed by atoms with E-state index in [4.69, 9.17) is 0 Å². The van der Waals surface area contributed by atoms with Crippen molar-refractivity contribution in [3.8, 4) is 0 Å². The van der Waals surface area contributed by atoms with Gasteiger partial charge >= 0.3 is 0 Å². The Hall–Kier alpha value is -0.670. The van der Waals surface area contributed by atoms with Gasteiger partial charge in [0.05, 0.1) is 5.25 Å². The highest BCUT2D eigenvalue weighted by atomic mass is 32.2. The molecule has 1 aliphatic rings. The van der Waals surface area contributed by atoms with Gasteiger partial charge in [-0.15, -0.1) is 0 Å². The molecule has 1 aromatic rings. The average Bonchev–Trinajstić information content (AvgIpc) is 2.33. The molecule has 1 aliphatic heterocycles. The zero-order valence-corrected chi connectivity index (χ0v) is 10.7. The molecule has 1 N–H and O–H groups in total. The van der Waals surface area contributed by atoms with E-state index in [1.807, 2.05) is 0 Å². The predicted octanol–water partition coefficient (Wildman–Crippen LogP) is 2.03. The third-order valence-corrected chi connectivity index (χ3v) is 5.01. The number of nitrogens with one attached hydrogen (secondary N) is 1. The fourth-order valence-corrected chi connectivity index (χ4v) is 3.42. The highest BCUT2D eigenvalue weighted by Crippen LogP contribution is 2.23. The lowest BCUT2D eigenvalue weighted by Gasteiger charge is -2.29. The van der Waals surface area contributed by atoms with E-state index in [9.17, 15) is 4.21 Å². The van der Waals surface area contributed by atoms with Gasteiger partial charge in [0.1, 0.15) is 0 Å². The van der Waals surface area contributed by atoms with Crippen LogP contribution >= 0.6 is 0 Å². The van der Waals surface area contributed by atoms with Crippen LogP contribution in [0.3, 0.4) is 0 Å². The van der Waals surface area contributed by atoms with Crippen LogP contribution in [0, 0.1) is 0 Å². The Labute approximate surface area is 99.9 Å². The Morgan fingerprint density at radius 1 is 1.38 bits per heavy atom. The van der Waals surface area contributed by atoms with Gasteiger partial charge in [-0.2, -0.15) is 0 Å². The molecule has 0 amide bonds. The van der Waals surface area contributed by atoms with Crippen LogP contribution in [0.1, 0.15) is 31.0 Å². The lowest BCUT2D eigenvalue weighted by molar-refractivity contribution is 0.514. The standard InChI is InChI=1S/C13H19NOS/c1-3-11-4-6-12(7-5-11)13-10(2)16(15)9-8-14-13/h4-7,10,13-14H,3,8-9H2,1-2H3. The van der Waals surface area contributed by atoms with Gasteiger partial charge in [-0.1, -0.05) is 31.2 Å². The minimum atomic E-state index is -0.685. The van der Waals surface area contributed by atoms with Gasteiger partial charge in [0.15, 0.2) is 0 Å². The molecule has 2 nitrogen and oxygen atoms in total. The largest absolute Gasteiger partial charge is 0.308 e. The molecule has 1 heterocycles. The zero-order valence-electron chi connectivity index (χ0n) is 9.90. The molecule has 16 heavy (non-hydrogen) atoms. The molecular weight excluding hydrogens is 218 g/mol. The molecule has 0 spiro atoms. The van der Waals surface area contributed by atoms with Crippen molar-refractivity contribution in [2.75, 3.05) is 12.3 Å². The van der Waals surface area contributed by atoms with Gasteiger partial charge in [0.2, 0.25) is 0 Å². The molecule has 1 saturated heterocycles. The predicted molar refractivity (Wildman–Crippen MR) is 69.0 cm³/mol. The second kappa shape index (κ2) is 5.11. The first kappa shape index (κ1) is 11.8. The van der Waals surface area contributed by atoms with Crippen LogP contribution in [0.25, 0.3) is 0 Å². The molecule has 3 atom stereocenters. The minimum absolute atomic E-state index is 0.209. The normalized spacial score (nSPS) is 30.2. The molecule has 0 bridgehead atoms. The molecule has 2 rings (SSSR count). The fraction of sp³-hybridized carbons (Fsp3) is 0.538. The summed E-state index contributed by atoms with van der Waals surface area (Å²) in [5, 5.41) is 3.67. The van der Waals surface area contributed by atoms with E-state index >= 15 is 0 Å². The molecule has 0 radical (unpaired) electrons. The third kappa shape index (κ3) is 2.36. The molecule has 3 unspecified atom stereocenters. The summed E-state index contributed by atoms with van der Waals surface area (Å²) >= 11 is 0. The van der Waals surface area contributed by atoms with E-state index in [0.717, 1.165) is 18.7 Å². The van der Waals surface area contributed by atoms with E-state index in [-0.39, 0.29) is 11.3 Å². The van der Waals surface area contributed by atoms with Crippen molar-refractivity contribution < 1.29 is 4.21 Å². The number of hydrogen-bond donors (Lipinski definition) is 1. The maximum absolute atomic E-state index is 11.8. The van der Waals surface area contributed by atoms with E-state index in [1.165, 1.54) is 11.1 Å². The number of rotatable bonds is 2. The second-order valence-corrected chi connectivity index (χ2v) is 6.23. The van der Waals surface area contributed by atoms with Crippen molar-refractivity contribution >= 4 is 10.8 Å². The number of benzene rings is 1. The molecule has 1 aromatic carbocycles. The third-order valence-electron chi connectivity index (χ3n) is 3.30. The van der Waals surface area contributed by atoms with Crippen molar-refractivity contribution in [3.05, 3.63) is 35.4 Å². The second-order valence-electron chi connectivity index (χ2n) is 4.32. The summed E-state index contributed by atoms with van der Waals surface area (Å²) in [7, 11) is -0.685. The highest BCUT2D eigenvalue weighted by molar-refractivity contribution is 7.85. The summed E-state index contributed by atoms with van der Waals surface area (Å²) in [5.74, 6) is 0.782. The summed E-state index contributed by atoms with van der Waals surface area (Å²) < 4.78 is 11.8. The van der Waals surface area contributed by atoms with Crippen molar-refractivity contribution in [2.24, 2.45) is 0 Å². The van der Waals surface area contributed by atoms with Crippen molar-refractivity contribution in [3.63, 3.8) is 0 Å². The van der Waals surface area contributed by atoms with Gasteiger partial charge < -0.3 is 5.32 Å². The quantitative estimate of drug-likeness (QED) is 0.853. The highest BCUT2D eigenvalue weighted by Gasteiger charge is 2.27. The maximum Gasteiger partial charge on any atom is 0.0515 e. The van der Waals surface area contributed by atoms with Gasteiger partial charge in [-0.3, -0.25) is 4.21 Å². The van der Waals surface area contributed by atoms with Crippen LogP contribution in [0.15, 0.2) is 24.3 Å². The monoisotopic (exact) mass is 237 g/mol. The molecule has 3 heteroatoms.